The molecule has 3 rings (SSSR count). The molecule has 1 aliphatic heterocycles. The Morgan fingerprint density at radius 2 is 1.77 bits per heavy atom. The average molecular weight is 413 g/mol. The summed E-state index contributed by atoms with van der Waals surface area (Å²) in [5.41, 5.74) is 6.81. The van der Waals surface area contributed by atoms with Crippen LogP contribution in [0.3, 0.4) is 0 Å². The fourth-order valence-electron chi connectivity index (χ4n) is 3.87. The van der Waals surface area contributed by atoms with E-state index in [2.05, 4.69) is 0 Å². The molecular weight excluding hydrogens is 383 g/mol. The second-order valence-electron chi connectivity index (χ2n) is 9.00. The molecule has 1 fully saturated rings. The summed E-state index contributed by atoms with van der Waals surface area (Å²) in [7, 11) is 0. The maximum Gasteiger partial charge on any atom is 0.240 e. The van der Waals surface area contributed by atoms with Gasteiger partial charge in [-0.1, -0.05) is 51.1 Å². The number of primary amides is 1. The zero-order valence-corrected chi connectivity index (χ0v) is 17.7. The monoisotopic (exact) mass is 412 g/mol. The van der Waals surface area contributed by atoms with E-state index in [1.807, 2.05) is 32.9 Å². The molecule has 5 nitrogen and oxygen atoms in total. The molecule has 2 aromatic carbocycles. The van der Waals surface area contributed by atoms with E-state index in [-0.39, 0.29) is 29.8 Å². The molecule has 0 unspecified atom stereocenters. The van der Waals surface area contributed by atoms with Crippen molar-refractivity contribution in [2.45, 2.75) is 58.7 Å². The van der Waals surface area contributed by atoms with Gasteiger partial charge in [0.1, 0.15) is 24.2 Å². The maximum absolute atomic E-state index is 13.7. The number of nitrogens with two attached hydrogens (primary N) is 1. The van der Waals surface area contributed by atoms with Crippen molar-refractivity contribution in [2.75, 3.05) is 0 Å². The van der Waals surface area contributed by atoms with Crippen LogP contribution in [0.25, 0.3) is 0 Å². The molecule has 2 aromatic rings. The lowest BCUT2D eigenvalue weighted by molar-refractivity contribution is -0.141. The van der Waals surface area contributed by atoms with Crippen molar-refractivity contribution in [2.24, 2.45) is 11.1 Å². The lowest BCUT2D eigenvalue weighted by Crippen LogP contribution is -2.45. The van der Waals surface area contributed by atoms with Gasteiger partial charge in [0.25, 0.3) is 0 Å². The Labute approximate surface area is 177 Å². The first kappa shape index (κ1) is 21.8. The van der Waals surface area contributed by atoms with Crippen molar-refractivity contribution in [1.29, 1.82) is 0 Å². The molecule has 0 spiro atoms. The van der Waals surface area contributed by atoms with Crippen molar-refractivity contribution < 1.29 is 18.7 Å². The molecule has 2 atom stereocenters. The summed E-state index contributed by atoms with van der Waals surface area (Å²) in [5, 5.41) is 0. The van der Waals surface area contributed by atoms with Crippen molar-refractivity contribution in [3.63, 3.8) is 0 Å². The molecule has 0 saturated carbocycles. The molecule has 1 saturated heterocycles. The molecule has 0 aliphatic carbocycles. The van der Waals surface area contributed by atoms with Crippen LogP contribution in [0.1, 0.15) is 57.2 Å². The van der Waals surface area contributed by atoms with E-state index in [9.17, 15) is 14.0 Å². The number of halogens is 1. The number of hydrogen-bond acceptors (Lipinski definition) is 3. The fourth-order valence-corrected chi connectivity index (χ4v) is 3.87. The van der Waals surface area contributed by atoms with E-state index in [0.29, 0.717) is 30.6 Å². The minimum Gasteiger partial charge on any atom is -0.489 e. The standard InChI is InChI=1S/C24H29FN2O3/c1-24(2,3)14-22(28)27-20(12-13-21(27)23(26)29)16-8-10-18(11-9-16)30-15-17-6-4-5-7-19(17)25/h4-11,20-21H,12-15H2,1-3H3,(H2,26,29)/t20-,21+/m1/s1. The van der Waals surface area contributed by atoms with Gasteiger partial charge < -0.3 is 15.4 Å². The molecule has 1 aliphatic rings. The van der Waals surface area contributed by atoms with Crippen LogP contribution in [-0.4, -0.2) is 22.8 Å². The van der Waals surface area contributed by atoms with Gasteiger partial charge in [0, 0.05) is 12.0 Å². The Hall–Kier alpha value is -2.89. The number of likely N-dealkylation sites (tertiary alicyclic amines) is 1. The maximum atomic E-state index is 13.7. The third kappa shape index (κ3) is 5.17. The molecule has 2 amide bonds. The number of amides is 2. The molecule has 2 N–H and O–H groups in total. The summed E-state index contributed by atoms with van der Waals surface area (Å²) in [5.74, 6) is -0.220. The largest absolute Gasteiger partial charge is 0.489 e. The highest BCUT2D eigenvalue weighted by Gasteiger charge is 2.41. The second kappa shape index (κ2) is 8.86. The predicted molar refractivity (Wildman–Crippen MR) is 113 cm³/mol. The predicted octanol–water partition coefficient (Wildman–Crippen LogP) is 4.36. The molecule has 0 radical (unpaired) electrons. The van der Waals surface area contributed by atoms with Gasteiger partial charge in [-0.05, 0) is 42.0 Å². The number of carbonyl (C=O) groups excluding carboxylic acids is 2. The first-order chi connectivity index (χ1) is 14.2. The number of carbonyl (C=O) groups is 2. The quantitative estimate of drug-likeness (QED) is 0.766. The van der Waals surface area contributed by atoms with E-state index in [0.717, 1.165) is 5.56 Å². The third-order valence-electron chi connectivity index (χ3n) is 5.30. The first-order valence-corrected chi connectivity index (χ1v) is 10.2. The van der Waals surface area contributed by atoms with Crippen LogP contribution in [0.5, 0.6) is 5.75 Å². The lowest BCUT2D eigenvalue weighted by Gasteiger charge is -2.32. The van der Waals surface area contributed by atoms with E-state index >= 15 is 0 Å². The van der Waals surface area contributed by atoms with Crippen LogP contribution in [0.2, 0.25) is 0 Å². The number of benzene rings is 2. The summed E-state index contributed by atoms with van der Waals surface area (Å²) in [6.07, 6.45) is 1.58. The molecule has 30 heavy (non-hydrogen) atoms. The Balaban J connectivity index is 1.74. The average Bonchev–Trinajstić information content (AvgIpc) is 3.12. The van der Waals surface area contributed by atoms with Gasteiger partial charge in [-0.15, -0.1) is 0 Å². The highest BCUT2D eigenvalue weighted by Crippen LogP contribution is 2.38. The Kier molecular flexibility index (Phi) is 6.44. The summed E-state index contributed by atoms with van der Waals surface area (Å²) in [4.78, 5) is 26.6. The van der Waals surface area contributed by atoms with Crippen LogP contribution in [0, 0.1) is 11.2 Å². The molecule has 160 valence electrons. The van der Waals surface area contributed by atoms with Gasteiger partial charge in [0.05, 0.1) is 6.04 Å². The van der Waals surface area contributed by atoms with E-state index in [1.165, 1.54) is 6.07 Å². The van der Waals surface area contributed by atoms with E-state index in [1.54, 1.807) is 35.2 Å². The van der Waals surface area contributed by atoms with Crippen LogP contribution in [0.4, 0.5) is 4.39 Å². The van der Waals surface area contributed by atoms with Crippen LogP contribution in [-0.2, 0) is 16.2 Å². The highest BCUT2D eigenvalue weighted by molar-refractivity contribution is 5.87. The van der Waals surface area contributed by atoms with Crippen LogP contribution < -0.4 is 10.5 Å². The Morgan fingerprint density at radius 1 is 1.10 bits per heavy atom. The van der Waals surface area contributed by atoms with Gasteiger partial charge in [-0.2, -0.15) is 0 Å². The normalized spacial score (nSPS) is 19.0. The smallest absolute Gasteiger partial charge is 0.240 e. The second-order valence-corrected chi connectivity index (χ2v) is 9.00. The van der Waals surface area contributed by atoms with Gasteiger partial charge in [-0.25, -0.2) is 4.39 Å². The summed E-state index contributed by atoms with van der Waals surface area (Å²) in [6.45, 7) is 6.13. The topological polar surface area (TPSA) is 72.6 Å². The summed E-state index contributed by atoms with van der Waals surface area (Å²) < 4.78 is 19.4. The molecular formula is C24H29FN2O3. The lowest BCUT2D eigenvalue weighted by atomic mass is 9.91. The molecule has 6 heteroatoms. The summed E-state index contributed by atoms with van der Waals surface area (Å²) in [6, 6.07) is 13.1. The van der Waals surface area contributed by atoms with E-state index in [4.69, 9.17) is 10.5 Å². The van der Waals surface area contributed by atoms with Crippen LogP contribution in [0.15, 0.2) is 48.5 Å². The van der Waals surface area contributed by atoms with Gasteiger partial charge in [-0.3, -0.25) is 9.59 Å². The zero-order valence-electron chi connectivity index (χ0n) is 17.7. The third-order valence-corrected chi connectivity index (χ3v) is 5.30. The fraction of sp³-hybridized carbons (Fsp3) is 0.417. The van der Waals surface area contributed by atoms with Gasteiger partial charge in [0.15, 0.2) is 0 Å². The van der Waals surface area contributed by atoms with Crippen molar-refractivity contribution >= 4 is 11.8 Å². The van der Waals surface area contributed by atoms with Crippen molar-refractivity contribution in [1.82, 2.24) is 4.90 Å². The number of rotatable bonds is 6. The number of hydrogen-bond donors (Lipinski definition) is 1. The highest BCUT2D eigenvalue weighted by atomic mass is 19.1. The van der Waals surface area contributed by atoms with Gasteiger partial charge in [0.2, 0.25) is 11.8 Å². The molecule has 0 bridgehead atoms. The SMILES string of the molecule is CC(C)(C)CC(=O)N1[C@@H](c2ccc(OCc3ccccc3F)cc2)CC[C@H]1C(N)=O. The zero-order chi connectivity index (χ0) is 21.9. The summed E-state index contributed by atoms with van der Waals surface area (Å²) >= 11 is 0. The van der Waals surface area contributed by atoms with Crippen molar-refractivity contribution in [3.05, 3.63) is 65.5 Å². The Morgan fingerprint density at radius 3 is 2.37 bits per heavy atom. The number of ether oxygens (including phenoxy) is 1. The molecule has 0 aromatic heterocycles. The van der Waals surface area contributed by atoms with Gasteiger partial charge >= 0.3 is 0 Å². The number of nitrogens with zero attached hydrogens (tertiary/aromatic N) is 1. The van der Waals surface area contributed by atoms with Crippen molar-refractivity contribution in [3.8, 4) is 5.75 Å². The minimum atomic E-state index is -0.582. The molecule has 1 heterocycles. The minimum absolute atomic E-state index is 0.0614. The first-order valence-electron chi connectivity index (χ1n) is 10.2. The Bertz CT molecular complexity index is 905. The van der Waals surface area contributed by atoms with E-state index < -0.39 is 11.9 Å². The van der Waals surface area contributed by atoms with Crippen LogP contribution >= 0.6 is 0 Å².